The van der Waals surface area contributed by atoms with E-state index in [0.29, 0.717) is 0 Å². The molecule has 1 saturated carbocycles. The molecule has 0 saturated heterocycles. The Hall–Kier alpha value is -0.900. The first-order valence-electron chi connectivity index (χ1n) is 4.31. The minimum absolute atomic E-state index is 0.207. The van der Waals surface area contributed by atoms with E-state index in [1.807, 2.05) is 13.2 Å². The van der Waals surface area contributed by atoms with Gasteiger partial charge in [-0.2, -0.15) is 0 Å². The summed E-state index contributed by atoms with van der Waals surface area (Å²) in [6.07, 6.45) is 4.73. The van der Waals surface area contributed by atoms with Crippen LogP contribution in [0.5, 0.6) is 0 Å². The topological polar surface area (TPSA) is 50.9 Å². The van der Waals surface area contributed by atoms with Crippen molar-refractivity contribution in [2.24, 2.45) is 7.05 Å². The van der Waals surface area contributed by atoms with Crippen molar-refractivity contribution in [2.75, 3.05) is 0 Å². The van der Waals surface area contributed by atoms with Gasteiger partial charge in [0.1, 0.15) is 0 Å². The van der Waals surface area contributed by atoms with Crippen LogP contribution in [0.1, 0.15) is 30.9 Å². The van der Waals surface area contributed by atoms with Crippen LogP contribution in [0.4, 0.5) is 0 Å². The van der Waals surface area contributed by atoms with Gasteiger partial charge in [0.25, 0.3) is 0 Å². The van der Waals surface area contributed by atoms with E-state index in [4.69, 9.17) is 0 Å². The summed E-state index contributed by atoms with van der Waals surface area (Å²) in [7, 11) is 1.85. The maximum Gasteiger partial charge on any atom is 0.0883 e. The monoisotopic (exact) mass is 167 g/mol. The second kappa shape index (κ2) is 2.86. The highest BCUT2D eigenvalue weighted by Gasteiger charge is 2.28. The van der Waals surface area contributed by atoms with Gasteiger partial charge in [-0.15, -0.1) is 5.10 Å². The quantitative estimate of drug-likeness (QED) is 0.660. The zero-order valence-electron chi connectivity index (χ0n) is 7.14. The van der Waals surface area contributed by atoms with Crippen LogP contribution in [0.2, 0.25) is 0 Å². The van der Waals surface area contributed by atoms with Crippen LogP contribution in [0.3, 0.4) is 0 Å². The second-order valence-corrected chi connectivity index (χ2v) is 3.42. The zero-order valence-corrected chi connectivity index (χ0v) is 7.14. The van der Waals surface area contributed by atoms with Gasteiger partial charge >= 0.3 is 0 Å². The van der Waals surface area contributed by atoms with E-state index in [2.05, 4.69) is 10.3 Å². The van der Waals surface area contributed by atoms with Crippen LogP contribution in [0.15, 0.2) is 6.20 Å². The van der Waals surface area contributed by atoms with Crippen LogP contribution in [0.25, 0.3) is 0 Å². The number of aliphatic hydroxyl groups is 1. The lowest BCUT2D eigenvalue weighted by molar-refractivity contribution is 0.162. The Morgan fingerprint density at radius 2 is 2.42 bits per heavy atom. The highest BCUT2D eigenvalue weighted by atomic mass is 16.3. The largest absolute Gasteiger partial charge is 0.392 e. The van der Waals surface area contributed by atoms with Gasteiger partial charge in [0.2, 0.25) is 0 Å². The van der Waals surface area contributed by atoms with E-state index in [1.54, 1.807) is 4.68 Å². The van der Waals surface area contributed by atoms with E-state index in [1.165, 1.54) is 0 Å². The SMILES string of the molecule is Cn1cc(C2CCCC2O)nn1. The summed E-state index contributed by atoms with van der Waals surface area (Å²) in [4.78, 5) is 0. The Bertz CT molecular complexity index is 271. The van der Waals surface area contributed by atoms with Crippen LogP contribution in [-0.2, 0) is 7.05 Å². The van der Waals surface area contributed by atoms with E-state index in [9.17, 15) is 5.11 Å². The van der Waals surface area contributed by atoms with Crippen molar-refractivity contribution in [1.29, 1.82) is 0 Å². The molecule has 1 aliphatic carbocycles. The molecule has 1 aromatic heterocycles. The zero-order chi connectivity index (χ0) is 8.55. The predicted octanol–water partition coefficient (Wildman–Crippen LogP) is 0.443. The minimum Gasteiger partial charge on any atom is -0.392 e. The van der Waals surface area contributed by atoms with Crippen LogP contribution in [-0.4, -0.2) is 26.2 Å². The van der Waals surface area contributed by atoms with Gasteiger partial charge < -0.3 is 5.11 Å². The predicted molar refractivity (Wildman–Crippen MR) is 43.6 cm³/mol. The van der Waals surface area contributed by atoms with Crippen LogP contribution < -0.4 is 0 Å². The molecule has 1 N–H and O–H groups in total. The lowest BCUT2D eigenvalue weighted by Gasteiger charge is -2.09. The summed E-state index contributed by atoms with van der Waals surface area (Å²) < 4.78 is 1.68. The molecular formula is C8H13N3O. The summed E-state index contributed by atoms with van der Waals surface area (Å²) in [6.45, 7) is 0. The van der Waals surface area contributed by atoms with Crippen molar-refractivity contribution in [2.45, 2.75) is 31.3 Å². The normalized spacial score (nSPS) is 29.5. The Balaban J connectivity index is 2.19. The van der Waals surface area contributed by atoms with E-state index in [0.717, 1.165) is 25.0 Å². The Labute approximate surface area is 71.2 Å². The van der Waals surface area contributed by atoms with E-state index < -0.39 is 0 Å². The highest BCUT2D eigenvalue weighted by molar-refractivity contribution is 5.06. The van der Waals surface area contributed by atoms with Crippen molar-refractivity contribution < 1.29 is 5.11 Å². The maximum atomic E-state index is 9.57. The number of nitrogens with zero attached hydrogens (tertiary/aromatic N) is 3. The molecule has 66 valence electrons. The van der Waals surface area contributed by atoms with Crippen molar-refractivity contribution in [3.63, 3.8) is 0 Å². The Kier molecular flexibility index (Phi) is 1.84. The first kappa shape index (κ1) is 7.73. The fraction of sp³-hybridized carbons (Fsp3) is 0.750. The standard InChI is InChI=1S/C8H13N3O/c1-11-5-7(9-10-11)6-3-2-4-8(6)12/h5-6,8,12H,2-4H2,1H3. The molecule has 1 fully saturated rings. The molecule has 0 amide bonds. The van der Waals surface area contributed by atoms with Gasteiger partial charge in [-0.1, -0.05) is 11.6 Å². The van der Waals surface area contributed by atoms with Gasteiger partial charge in [-0.3, -0.25) is 4.68 Å². The van der Waals surface area contributed by atoms with Crippen molar-refractivity contribution in [1.82, 2.24) is 15.0 Å². The average Bonchev–Trinajstić information content (AvgIpc) is 2.58. The molecule has 4 nitrogen and oxygen atoms in total. The molecule has 0 aliphatic heterocycles. The van der Waals surface area contributed by atoms with E-state index >= 15 is 0 Å². The number of hydrogen-bond donors (Lipinski definition) is 1. The van der Waals surface area contributed by atoms with Gasteiger partial charge in [-0.05, 0) is 12.8 Å². The summed E-state index contributed by atoms with van der Waals surface area (Å²) in [5, 5.41) is 17.4. The number of aromatic nitrogens is 3. The van der Waals surface area contributed by atoms with Crippen LogP contribution >= 0.6 is 0 Å². The smallest absolute Gasteiger partial charge is 0.0883 e. The number of aryl methyl sites for hydroxylation is 1. The summed E-state index contributed by atoms with van der Waals surface area (Å²) >= 11 is 0. The molecule has 0 radical (unpaired) electrons. The van der Waals surface area contributed by atoms with Crippen molar-refractivity contribution >= 4 is 0 Å². The third-order valence-corrected chi connectivity index (χ3v) is 2.48. The minimum atomic E-state index is -0.207. The molecule has 1 aliphatic rings. The average molecular weight is 167 g/mol. The third kappa shape index (κ3) is 1.22. The van der Waals surface area contributed by atoms with Crippen LogP contribution in [0, 0.1) is 0 Å². The lowest BCUT2D eigenvalue weighted by atomic mass is 10.0. The van der Waals surface area contributed by atoms with Crippen molar-refractivity contribution in [3.05, 3.63) is 11.9 Å². The lowest BCUT2D eigenvalue weighted by Crippen LogP contribution is -2.11. The molecule has 2 atom stereocenters. The molecule has 0 spiro atoms. The number of rotatable bonds is 1. The van der Waals surface area contributed by atoms with Crippen molar-refractivity contribution in [3.8, 4) is 0 Å². The third-order valence-electron chi connectivity index (χ3n) is 2.48. The number of aliphatic hydroxyl groups excluding tert-OH is 1. The number of hydrogen-bond acceptors (Lipinski definition) is 3. The molecule has 1 heterocycles. The molecule has 2 unspecified atom stereocenters. The molecule has 4 heteroatoms. The molecule has 12 heavy (non-hydrogen) atoms. The molecule has 1 aromatic rings. The first-order chi connectivity index (χ1) is 5.77. The maximum absolute atomic E-state index is 9.57. The van der Waals surface area contributed by atoms with Gasteiger partial charge in [0.05, 0.1) is 11.8 Å². The Morgan fingerprint density at radius 3 is 2.92 bits per heavy atom. The molecular weight excluding hydrogens is 154 g/mol. The fourth-order valence-corrected chi connectivity index (χ4v) is 1.82. The molecule has 0 bridgehead atoms. The highest BCUT2D eigenvalue weighted by Crippen LogP contribution is 2.32. The summed E-state index contributed by atoms with van der Waals surface area (Å²) in [5.74, 6) is 0.221. The van der Waals surface area contributed by atoms with E-state index in [-0.39, 0.29) is 12.0 Å². The van der Waals surface area contributed by atoms with Gasteiger partial charge in [-0.25, -0.2) is 0 Å². The van der Waals surface area contributed by atoms with Gasteiger partial charge in [0, 0.05) is 19.2 Å². The Morgan fingerprint density at radius 1 is 1.58 bits per heavy atom. The summed E-state index contributed by atoms with van der Waals surface area (Å²) in [6, 6.07) is 0. The molecule has 2 rings (SSSR count). The molecule has 0 aromatic carbocycles. The first-order valence-corrected chi connectivity index (χ1v) is 4.31. The van der Waals surface area contributed by atoms with Gasteiger partial charge in [0.15, 0.2) is 0 Å². The fourth-order valence-electron chi connectivity index (χ4n) is 1.82. The second-order valence-electron chi connectivity index (χ2n) is 3.42. The summed E-state index contributed by atoms with van der Waals surface area (Å²) in [5.41, 5.74) is 0.933.